The quantitative estimate of drug-likeness (QED) is 0.791. The van der Waals surface area contributed by atoms with Gasteiger partial charge in [0.25, 0.3) is 0 Å². The van der Waals surface area contributed by atoms with Crippen LogP contribution in [0.3, 0.4) is 0 Å². The van der Waals surface area contributed by atoms with Crippen molar-refractivity contribution < 1.29 is 9.59 Å². The second-order valence-corrected chi connectivity index (χ2v) is 6.23. The maximum absolute atomic E-state index is 12.0. The first-order valence-corrected chi connectivity index (χ1v) is 8.42. The second-order valence-electron chi connectivity index (χ2n) is 6.23. The second kappa shape index (κ2) is 10.3. The van der Waals surface area contributed by atoms with Gasteiger partial charge in [-0.1, -0.05) is 19.1 Å². The summed E-state index contributed by atoms with van der Waals surface area (Å²) in [4.78, 5) is 25.9. The van der Waals surface area contributed by atoms with Crippen molar-refractivity contribution in [2.75, 3.05) is 32.0 Å². The fourth-order valence-corrected chi connectivity index (χ4v) is 2.80. The van der Waals surface area contributed by atoms with E-state index in [4.69, 9.17) is 0 Å². The molecule has 0 radical (unpaired) electrons. The fourth-order valence-electron chi connectivity index (χ4n) is 2.80. The molecule has 6 heteroatoms. The Morgan fingerprint density at radius 3 is 2.38 bits per heavy atom. The van der Waals surface area contributed by atoms with Crippen molar-refractivity contribution >= 4 is 29.9 Å². The summed E-state index contributed by atoms with van der Waals surface area (Å²) >= 11 is 0. The Morgan fingerprint density at radius 2 is 1.79 bits per heavy atom. The Morgan fingerprint density at radius 1 is 1.17 bits per heavy atom. The number of hydrogen-bond donors (Lipinski definition) is 2. The highest BCUT2D eigenvalue weighted by Gasteiger charge is 2.17. The first-order chi connectivity index (χ1) is 11.1. The van der Waals surface area contributed by atoms with E-state index >= 15 is 0 Å². The molecular formula is C18H28ClN3O2. The maximum Gasteiger partial charge on any atom is 0.228 e. The van der Waals surface area contributed by atoms with Crippen LogP contribution >= 0.6 is 12.4 Å². The zero-order valence-corrected chi connectivity index (χ0v) is 15.3. The van der Waals surface area contributed by atoms with Crippen LogP contribution in [0.4, 0.5) is 5.69 Å². The van der Waals surface area contributed by atoms with Crippen LogP contribution in [-0.2, 0) is 16.0 Å². The van der Waals surface area contributed by atoms with E-state index in [0.29, 0.717) is 13.0 Å². The summed E-state index contributed by atoms with van der Waals surface area (Å²) in [6.45, 7) is 4.37. The molecule has 2 N–H and O–H groups in total. The Labute approximate surface area is 150 Å². The Kier molecular flexibility index (Phi) is 8.79. The molecule has 0 aliphatic carbocycles. The van der Waals surface area contributed by atoms with Crippen LogP contribution in [0.1, 0.15) is 31.7 Å². The molecule has 134 valence electrons. The molecule has 0 saturated carbocycles. The minimum absolute atomic E-state index is 0. The molecule has 5 nitrogen and oxygen atoms in total. The van der Waals surface area contributed by atoms with Crippen LogP contribution in [0.2, 0.25) is 0 Å². The first-order valence-electron chi connectivity index (χ1n) is 8.42. The lowest BCUT2D eigenvalue weighted by molar-refractivity contribution is -0.130. The number of anilines is 1. The summed E-state index contributed by atoms with van der Waals surface area (Å²) in [5, 5.41) is 5.91. The van der Waals surface area contributed by atoms with Gasteiger partial charge in [-0.25, -0.2) is 0 Å². The SMILES string of the molecule is CNCC(C)C(=O)Nc1ccc(CCC(=O)N2CCCC2)cc1.Cl. The van der Waals surface area contributed by atoms with Crippen LogP contribution in [0.5, 0.6) is 0 Å². The molecule has 1 aromatic rings. The van der Waals surface area contributed by atoms with E-state index in [-0.39, 0.29) is 30.1 Å². The smallest absolute Gasteiger partial charge is 0.228 e. The summed E-state index contributed by atoms with van der Waals surface area (Å²) in [5.74, 6) is 0.190. The Bertz CT molecular complexity index is 528. The van der Waals surface area contributed by atoms with Gasteiger partial charge in [-0.05, 0) is 44.0 Å². The molecule has 0 bridgehead atoms. The van der Waals surface area contributed by atoms with Gasteiger partial charge in [-0.2, -0.15) is 0 Å². The number of nitrogens with zero attached hydrogens (tertiary/aromatic N) is 1. The monoisotopic (exact) mass is 353 g/mol. The average molecular weight is 354 g/mol. The molecule has 1 atom stereocenters. The van der Waals surface area contributed by atoms with Crippen molar-refractivity contribution in [3.8, 4) is 0 Å². The highest BCUT2D eigenvalue weighted by atomic mass is 35.5. The number of nitrogens with one attached hydrogen (secondary N) is 2. The third-order valence-electron chi connectivity index (χ3n) is 4.27. The molecule has 2 rings (SSSR count). The van der Waals surface area contributed by atoms with E-state index in [1.165, 1.54) is 0 Å². The van der Waals surface area contributed by atoms with E-state index < -0.39 is 0 Å². The number of amides is 2. The molecule has 2 amide bonds. The van der Waals surface area contributed by atoms with Gasteiger partial charge >= 0.3 is 0 Å². The lowest BCUT2D eigenvalue weighted by atomic mass is 10.1. The molecule has 0 spiro atoms. The Hall–Kier alpha value is -1.59. The van der Waals surface area contributed by atoms with Crippen molar-refractivity contribution in [2.24, 2.45) is 5.92 Å². The predicted octanol–water partition coefficient (Wildman–Crippen LogP) is 2.46. The molecule has 1 fully saturated rings. The zero-order valence-electron chi connectivity index (χ0n) is 14.5. The molecule has 1 aromatic carbocycles. The van der Waals surface area contributed by atoms with Crippen molar-refractivity contribution in [2.45, 2.75) is 32.6 Å². The van der Waals surface area contributed by atoms with Crippen molar-refractivity contribution in [3.05, 3.63) is 29.8 Å². The number of aryl methyl sites for hydroxylation is 1. The van der Waals surface area contributed by atoms with Crippen LogP contribution < -0.4 is 10.6 Å². The van der Waals surface area contributed by atoms with Gasteiger partial charge in [0.15, 0.2) is 0 Å². The molecule has 1 heterocycles. The van der Waals surface area contributed by atoms with Crippen molar-refractivity contribution in [1.82, 2.24) is 10.2 Å². The fraction of sp³-hybridized carbons (Fsp3) is 0.556. The molecule has 0 aromatic heterocycles. The molecule has 1 unspecified atom stereocenters. The van der Waals surface area contributed by atoms with Gasteiger partial charge in [0.2, 0.25) is 11.8 Å². The number of hydrogen-bond acceptors (Lipinski definition) is 3. The summed E-state index contributed by atoms with van der Waals surface area (Å²) in [6, 6.07) is 7.77. The van der Waals surface area contributed by atoms with Crippen LogP contribution in [0.15, 0.2) is 24.3 Å². The van der Waals surface area contributed by atoms with Gasteiger partial charge in [-0.3, -0.25) is 9.59 Å². The highest BCUT2D eigenvalue weighted by molar-refractivity contribution is 5.92. The standard InChI is InChI=1S/C18H27N3O2.ClH/c1-14(13-19-2)18(23)20-16-8-5-15(6-9-16)7-10-17(22)21-11-3-4-12-21;/h5-6,8-9,14,19H,3-4,7,10-13H2,1-2H3,(H,20,23);1H. The molecular weight excluding hydrogens is 326 g/mol. The summed E-state index contributed by atoms with van der Waals surface area (Å²) in [6.07, 6.45) is 3.57. The summed E-state index contributed by atoms with van der Waals surface area (Å²) in [5.41, 5.74) is 1.92. The molecule has 1 saturated heterocycles. The van der Waals surface area contributed by atoms with E-state index in [1.807, 2.05) is 43.1 Å². The minimum Gasteiger partial charge on any atom is -0.343 e. The number of carbonyl (C=O) groups is 2. The van der Waals surface area contributed by atoms with Gasteiger partial charge in [0.05, 0.1) is 0 Å². The maximum atomic E-state index is 12.0. The van der Waals surface area contributed by atoms with Crippen molar-refractivity contribution in [1.29, 1.82) is 0 Å². The largest absolute Gasteiger partial charge is 0.343 e. The lowest BCUT2D eigenvalue weighted by Gasteiger charge is -2.15. The van der Waals surface area contributed by atoms with Crippen LogP contribution in [0.25, 0.3) is 0 Å². The number of rotatable bonds is 7. The number of likely N-dealkylation sites (tertiary alicyclic amines) is 1. The van der Waals surface area contributed by atoms with Gasteiger partial charge in [0.1, 0.15) is 0 Å². The van der Waals surface area contributed by atoms with Gasteiger partial charge in [-0.15, -0.1) is 12.4 Å². The van der Waals surface area contributed by atoms with Crippen LogP contribution in [0, 0.1) is 5.92 Å². The summed E-state index contributed by atoms with van der Waals surface area (Å²) < 4.78 is 0. The molecule has 1 aliphatic heterocycles. The minimum atomic E-state index is -0.0715. The van der Waals surface area contributed by atoms with Gasteiger partial charge in [0, 0.05) is 37.7 Å². The zero-order chi connectivity index (χ0) is 16.7. The number of halogens is 1. The predicted molar refractivity (Wildman–Crippen MR) is 99.5 cm³/mol. The highest BCUT2D eigenvalue weighted by Crippen LogP contribution is 2.14. The van der Waals surface area contributed by atoms with E-state index in [1.54, 1.807) is 0 Å². The lowest BCUT2D eigenvalue weighted by Crippen LogP contribution is -2.28. The third kappa shape index (κ3) is 6.13. The van der Waals surface area contributed by atoms with E-state index in [9.17, 15) is 9.59 Å². The summed E-state index contributed by atoms with van der Waals surface area (Å²) in [7, 11) is 1.84. The first kappa shape index (κ1) is 20.5. The van der Waals surface area contributed by atoms with Crippen LogP contribution in [-0.4, -0.2) is 43.4 Å². The molecule has 24 heavy (non-hydrogen) atoms. The topological polar surface area (TPSA) is 61.4 Å². The normalized spacial score (nSPS) is 14.8. The third-order valence-corrected chi connectivity index (χ3v) is 4.27. The number of carbonyl (C=O) groups excluding carboxylic acids is 2. The van der Waals surface area contributed by atoms with Gasteiger partial charge < -0.3 is 15.5 Å². The molecule has 1 aliphatic rings. The Balaban J connectivity index is 0.00000288. The number of benzene rings is 1. The van der Waals surface area contributed by atoms with E-state index in [2.05, 4.69) is 10.6 Å². The van der Waals surface area contributed by atoms with E-state index in [0.717, 1.165) is 43.6 Å². The average Bonchev–Trinajstić information content (AvgIpc) is 3.08. The van der Waals surface area contributed by atoms with Crippen molar-refractivity contribution in [3.63, 3.8) is 0 Å².